The Morgan fingerprint density at radius 3 is 2.21 bits per heavy atom. The molecule has 0 fully saturated rings. The van der Waals surface area contributed by atoms with Crippen LogP contribution in [0.3, 0.4) is 0 Å². The quantitative estimate of drug-likeness (QED) is 0.205. The molecule has 0 unspecified atom stereocenters. The summed E-state index contributed by atoms with van der Waals surface area (Å²) in [5.74, 6) is -0.662. The molecular weight excluding hydrogens is 564 g/mol. The van der Waals surface area contributed by atoms with Gasteiger partial charge in [0.15, 0.2) is 0 Å². The first kappa shape index (κ1) is 29.9. The third kappa shape index (κ3) is 6.89. The zero-order valence-corrected chi connectivity index (χ0v) is 24.9. The SMILES string of the molecule is COC(=O)c1ccc(CN(C(=O)[C@@H]2Cc3ccccc3CN2C(=O)OCc2ccccc2)[C@H](C)c2ccccc2Cl)cc1. The van der Waals surface area contributed by atoms with Gasteiger partial charge < -0.3 is 14.4 Å². The minimum Gasteiger partial charge on any atom is -0.465 e. The summed E-state index contributed by atoms with van der Waals surface area (Å²) in [7, 11) is 1.33. The Kier molecular flexibility index (Phi) is 9.42. The standard InChI is InChI=1S/C35H33ClN2O5/c1-24(30-14-8-9-15-31(30)36)37(21-25-16-18-27(19-17-25)34(40)42-2)33(39)32-20-28-12-6-7-13-29(28)22-38(32)35(41)43-23-26-10-4-3-5-11-26/h3-19,24,32H,20-23H2,1-2H3/t24-,32+/m1/s1. The number of nitrogens with zero attached hydrogens (tertiary/aromatic N) is 2. The van der Waals surface area contributed by atoms with Crippen LogP contribution in [-0.2, 0) is 40.4 Å². The Morgan fingerprint density at radius 2 is 1.51 bits per heavy atom. The van der Waals surface area contributed by atoms with Crippen LogP contribution in [0.25, 0.3) is 0 Å². The maximum absolute atomic E-state index is 14.6. The average molecular weight is 597 g/mol. The smallest absolute Gasteiger partial charge is 0.411 e. The number of methoxy groups -OCH3 is 1. The summed E-state index contributed by atoms with van der Waals surface area (Å²) < 4.78 is 10.6. The highest BCUT2D eigenvalue weighted by molar-refractivity contribution is 6.31. The molecule has 4 aromatic carbocycles. The molecule has 7 nitrogen and oxygen atoms in total. The van der Waals surface area contributed by atoms with Gasteiger partial charge in [0.05, 0.1) is 25.3 Å². The number of esters is 1. The fourth-order valence-corrected chi connectivity index (χ4v) is 5.67. The van der Waals surface area contributed by atoms with Crippen molar-refractivity contribution in [1.82, 2.24) is 9.80 Å². The number of halogens is 1. The fraction of sp³-hybridized carbons (Fsp3) is 0.229. The fourth-order valence-electron chi connectivity index (χ4n) is 5.38. The Hall–Kier alpha value is -4.62. The van der Waals surface area contributed by atoms with Gasteiger partial charge in [-0.3, -0.25) is 9.69 Å². The van der Waals surface area contributed by atoms with Crippen LogP contribution in [0.1, 0.15) is 51.1 Å². The Balaban J connectivity index is 1.47. The van der Waals surface area contributed by atoms with Gasteiger partial charge in [0, 0.05) is 18.0 Å². The van der Waals surface area contributed by atoms with Crippen molar-refractivity contribution in [2.45, 2.75) is 45.1 Å². The Labute approximate surface area is 256 Å². The van der Waals surface area contributed by atoms with Crippen molar-refractivity contribution in [1.29, 1.82) is 0 Å². The highest BCUT2D eigenvalue weighted by Gasteiger charge is 2.39. The molecule has 0 radical (unpaired) electrons. The van der Waals surface area contributed by atoms with Crippen molar-refractivity contribution in [2.24, 2.45) is 0 Å². The summed E-state index contributed by atoms with van der Waals surface area (Å²) in [6.07, 6.45) is -0.202. The van der Waals surface area contributed by atoms with Crippen LogP contribution in [0, 0.1) is 0 Å². The molecule has 5 rings (SSSR count). The molecule has 2 amide bonds. The van der Waals surface area contributed by atoms with E-state index < -0.39 is 24.1 Å². The van der Waals surface area contributed by atoms with E-state index in [-0.39, 0.29) is 25.6 Å². The van der Waals surface area contributed by atoms with E-state index in [2.05, 4.69) is 0 Å². The van der Waals surface area contributed by atoms with Gasteiger partial charge in [-0.05, 0) is 52.9 Å². The molecule has 1 aliphatic rings. The maximum atomic E-state index is 14.6. The highest BCUT2D eigenvalue weighted by atomic mass is 35.5. The lowest BCUT2D eigenvalue weighted by Crippen LogP contribution is -2.54. The number of benzene rings is 4. The van der Waals surface area contributed by atoms with E-state index in [1.165, 1.54) is 12.0 Å². The summed E-state index contributed by atoms with van der Waals surface area (Å²) >= 11 is 6.60. The molecule has 2 atom stereocenters. The number of hydrogen-bond acceptors (Lipinski definition) is 5. The van der Waals surface area contributed by atoms with E-state index >= 15 is 0 Å². The van der Waals surface area contributed by atoms with Crippen molar-refractivity contribution in [3.8, 4) is 0 Å². The van der Waals surface area contributed by atoms with Crippen LogP contribution < -0.4 is 0 Å². The number of carbonyl (C=O) groups is 3. The molecule has 0 saturated carbocycles. The maximum Gasteiger partial charge on any atom is 0.411 e. The number of carbonyl (C=O) groups excluding carboxylic acids is 3. The van der Waals surface area contributed by atoms with Crippen LogP contribution in [0.15, 0.2) is 103 Å². The summed E-state index contributed by atoms with van der Waals surface area (Å²) in [4.78, 5) is 43.4. The second-order valence-corrected chi connectivity index (χ2v) is 10.9. The lowest BCUT2D eigenvalue weighted by atomic mass is 9.92. The van der Waals surface area contributed by atoms with Gasteiger partial charge in [-0.15, -0.1) is 0 Å². The van der Waals surface area contributed by atoms with E-state index in [0.717, 1.165) is 27.8 Å². The number of ether oxygens (including phenoxy) is 2. The molecule has 0 spiro atoms. The molecule has 1 aliphatic heterocycles. The van der Waals surface area contributed by atoms with Crippen molar-refractivity contribution >= 4 is 29.6 Å². The Bertz CT molecular complexity index is 1590. The molecule has 0 saturated heterocycles. The number of amides is 2. The van der Waals surface area contributed by atoms with E-state index in [1.54, 1.807) is 35.2 Å². The third-order valence-electron chi connectivity index (χ3n) is 7.81. The number of hydrogen-bond donors (Lipinski definition) is 0. The topological polar surface area (TPSA) is 76.2 Å². The van der Waals surface area contributed by atoms with Crippen LogP contribution in [-0.4, -0.2) is 40.9 Å². The lowest BCUT2D eigenvalue weighted by molar-refractivity contribution is -0.140. The van der Waals surface area contributed by atoms with E-state index in [0.29, 0.717) is 17.0 Å². The zero-order valence-electron chi connectivity index (χ0n) is 24.1. The molecule has 0 bridgehead atoms. The minimum atomic E-state index is -0.794. The van der Waals surface area contributed by atoms with E-state index in [1.807, 2.05) is 79.7 Å². The van der Waals surface area contributed by atoms with Crippen LogP contribution in [0.5, 0.6) is 0 Å². The highest BCUT2D eigenvalue weighted by Crippen LogP contribution is 2.32. The zero-order chi connectivity index (χ0) is 30.3. The molecule has 1 heterocycles. The van der Waals surface area contributed by atoms with Gasteiger partial charge in [-0.25, -0.2) is 9.59 Å². The Morgan fingerprint density at radius 1 is 0.860 bits per heavy atom. The van der Waals surface area contributed by atoms with Gasteiger partial charge in [0.1, 0.15) is 12.6 Å². The predicted molar refractivity (Wildman–Crippen MR) is 164 cm³/mol. The summed E-state index contributed by atoms with van der Waals surface area (Å²) in [6, 6.07) is 30.5. The van der Waals surface area contributed by atoms with Gasteiger partial charge in [-0.2, -0.15) is 0 Å². The molecule has 0 N–H and O–H groups in total. The first-order valence-corrected chi connectivity index (χ1v) is 14.5. The number of fused-ring (bicyclic) bond motifs is 1. The second kappa shape index (κ2) is 13.6. The van der Waals surface area contributed by atoms with Crippen LogP contribution >= 0.6 is 11.6 Å². The van der Waals surface area contributed by atoms with Gasteiger partial charge in [0.2, 0.25) is 5.91 Å². The van der Waals surface area contributed by atoms with Gasteiger partial charge in [0.25, 0.3) is 0 Å². The van der Waals surface area contributed by atoms with Crippen molar-refractivity contribution in [2.75, 3.05) is 7.11 Å². The summed E-state index contributed by atoms with van der Waals surface area (Å²) in [6.45, 7) is 2.52. The van der Waals surface area contributed by atoms with Crippen LogP contribution in [0.4, 0.5) is 4.79 Å². The van der Waals surface area contributed by atoms with Crippen molar-refractivity contribution in [3.63, 3.8) is 0 Å². The van der Waals surface area contributed by atoms with Crippen molar-refractivity contribution < 1.29 is 23.9 Å². The normalized spacial score (nSPS) is 14.8. The van der Waals surface area contributed by atoms with E-state index in [4.69, 9.17) is 21.1 Å². The van der Waals surface area contributed by atoms with Crippen molar-refractivity contribution in [3.05, 3.63) is 142 Å². The lowest BCUT2D eigenvalue weighted by Gasteiger charge is -2.40. The predicted octanol–water partition coefficient (Wildman–Crippen LogP) is 6.98. The van der Waals surface area contributed by atoms with Gasteiger partial charge >= 0.3 is 12.1 Å². The molecule has 220 valence electrons. The monoisotopic (exact) mass is 596 g/mol. The molecule has 8 heteroatoms. The third-order valence-corrected chi connectivity index (χ3v) is 8.15. The molecule has 0 aliphatic carbocycles. The largest absolute Gasteiger partial charge is 0.465 e. The molecule has 43 heavy (non-hydrogen) atoms. The minimum absolute atomic E-state index is 0.102. The average Bonchev–Trinajstić information content (AvgIpc) is 3.05. The second-order valence-electron chi connectivity index (χ2n) is 10.5. The van der Waals surface area contributed by atoms with Crippen LogP contribution in [0.2, 0.25) is 5.02 Å². The summed E-state index contributed by atoms with van der Waals surface area (Å²) in [5.41, 5.74) is 4.88. The molecular formula is C35H33ClN2O5. The molecule has 4 aromatic rings. The number of rotatable bonds is 8. The van der Waals surface area contributed by atoms with Gasteiger partial charge in [-0.1, -0.05) is 96.5 Å². The molecule has 0 aromatic heterocycles. The van der Waals surface area contributed by atoms with E-state index in [9.17, 15) is 14.4 Å². The first-order valence-electron chi connectivity index (χ1n) is 14.1. The summed E-state index contributed by atoms with van der Waals surface area (Å²) in [5, 5.41) is 0.543. The first-order chi connectivity index (χ1) is 20.9.